The van der Waals surface area contributed by atoms with Gasteiger partial charge in [-0.05, 0) is 48.5 Å². The third kappa shape index (κ3) is 3.78. The second kappa shape index (κ2) is 7.80. The van der Waals surface area contributed by atoms with Crippen LogP contribution < -0.4 is 10.1 Å². The molecule has 9 nitrogen and oxygen atoms in total. The maximum absolute atomic E-state index is 12.5. The number of nitro benzene ring substituents is 1. The van der Waals surface area contributed by atoms with Crippen molar-refractivity contribution in [2.45, 2.75) is 0 Å². The number of carbonyl (C=O) groups is 1. The van der Waals surface area contributed by atoms with Crippen LogP contribution in [-0.4, -0.2) is 32.9 Å². The molecule has 0 fully saturated rings. The molecule has 0 radical (unpaired) electrons. The van der Waals surface area contributed by atoms with E-state index in [4.69, 9.17) is 16.3 Å². The molecular weight excluding hydrogens is 410 g/mol. The number of hydrogen-bond donors (Lipinski definition) is 1. The standard InChI is InChI=1S/C20H14ClN5O4/c1-30-15-6-3-13(4-7-15)25-23-18-9-2-12(10-19(18)24-25)22-20(27)16-8-5-14(26(28)29)11-17(16)21/h2-11H,1H3,(H,22,27). The highest BCUT2D eigenvalue weighted by atomic mass is 35.5. The second-order valence-corrected chi connectivity index (χ2v) is 6.67. The zero-order valence-corrected chi connectivity index (χ0v) is 16.3. The van der Waals surface area contributed by atoms with E-state index < -0.39 is 10.8 Å². The molecule has 0 spiro atoms. The summed E-state index contributed by atoms with van der Waals surface area (Å²) in [5.74, 6) is 0.238. The number of rotatable bonds is 5. The van der Waals surface area contributed by atoms with Crippen molar-refractivity contribution in [3.05, 3.63) is 81.4 Å². The van der Waals surface area contributed by atoms with E-state index in [-0.39, 0.29) is 16.3 Å². The van der Waals surface area contributed by atoms with Crippen LogP contribution in [0.1, 0.15) is 10.4 Å². The van der Waals surface area contributed by atoms with Crippen LogP contribution >= 0.6 is 11.6 Å². The van der Waals surface area contributed by atoms with E-state index >= 15 is 0 Å². The predicted octanol–water partition coefficient (Wildman–Crippen LogP) is 4.24. The number of carbonyl (C=O) groups excluding carboxylic acids is 1. The number of anilines is 1. The van der Waals surface area contributed by atoms with Crippen molar-refractivity contribution in [1.29, 1.82) is 0 Å². The number of non-ortho nitro benzene ring substituents is 1. The van der Waals surface area contributed by atoms with Gasteiger partial charge in [0.1, 0.15) is 16.8 Å². The zero-order chi connectivity index (χ0) is 21.3. The van der Waals surface area contributed by atoms with E-state index in [0.717, 1.165) is 17.5 Å². The van der Waals surface area contributed by atoms with Gasteiger partial charge in [-0.25, -0.2) is 0 Å². The lowest BCUT2D eigenvalue weighted by Gasteiger charge is -2.06. The topological polar surface area (TPSA) is 112 Å². The van der Waals surface area contributed by atoms with Gasteiger partial charge in [0, 0.05) is 17.8 Å². The van der Waals surface area contributed by atoms with Gasteiger partial charge in [0.2, 0.25) is 0 Å². The number of nitro groups is 1. The quantitative estimate of drug-likeness (QED) is 0.379. The summed E-state index contributed by atoms with van der Waals surface area (Å²) in [4.78, 5) is 24.2. The van der Waals surface area contributed by atoms with Crippen molar-refractivity contribution >= 4 is 39.9 Å². The molecule has 3 aromatic carbocycles. The highest BCUT2D eigenvalue weighted by Crippen LogP contribution is 2.24. The highest BCUT2D eigenvalue weighted by Gasteiger charge is 2.16. The van der Waals surface area contributed by atoms with Gasteiger partial charge in [0.15, 0.2) is 0 Å². The highest BCUT2D eigenvalue weighted by molar-refractivity contribution is 6.34. The van der Waals surface area contributed by atoms with Crippen LogP contribution in [0.15, 0.2) is 60.7 Å². The molecule has 10 heteroatoms. The smallest absolute Gasteiger partial charge is 0.270 e. The Morgan fingerprint density at radius 2 is 1.80 bits per heavy atom. The maximum Gasteiger partial charge on any atom is 0.270 e. The molecule has 0 saturated carbocycles. The van der Waals surface area contributed by atoms with Crippen LogP contribution in [0.25, 0.3) is 16.7 Å². The first-order valence-corrected chi connectivity index (χ1v) is 9.09. The maximum atomic E-state index is 12.5. The molecule has 1 aromatic heterocycles. The van der Waals surface area contributed by atoms with Gasteiger partial charge < -0.3 is 10.1 Å². The van der Waals surface area contributed by atoms with Crippen molar-refractivity contribution in [3.8, 4) is 11.4 Å². The molecule has 30 heavy (non-hydrogen) atoms. The Morgan fingerprint density at radius 3 is 2.47 bits per heavy atom. The van der Waals surface area contributed by atoms with Gasteiger partial charge in [-0.3, -0.25) is 14.9 Å². The summed E-state index contributed by atoms with van der Waals surface area (Å²) in [5, 5.41) is 22.4. The van der Waals surface area contributed by atoms with E-state index in [1.807, 2.05) is 24.3 Å². The fourth-order valence-corrected chi connectivity index (χ4v) is 3.08. The number of ether oxygens (including phenoxy) is 1. The molecule has 0 aliphatic heterocycles. The molecular formula is C20H14ClN5O4. The third-order valence-electron chi connectivity index (χ3n) is 4.35. The van der Waals surface area contributed by atoms with E-state index in [1.54, 1.807) is 25.3 Å². The van der Waals surface area contributed by atoms with E-state index in [2.05, 4.69) is 15.5 Å². The Bertz CT molecular complexity index is 1270. The lowest BCUT2D eigenvalue weighted by molar-refractivity contribution is -0.384. The summed E-state index contributed by atoms with van der Waals surface area (Å²) in [5.41, 5.74) is 2.42. The average Bonchev–Trinajstić information content (AvgIpc) is 3.17. The lowest BCUT2D eigenvalue weighted by atomic mass is 10.2. The number of halogens is 1. The third-order valence-corrected chi connectivity index (χ3v) is 4.66. The molecule has 0 unspecified atom stereocenters. The first-order valence-electron chi connectivity index (χ1n) is 8.71. The molecule has 4 rings (SSSR count). The average molecular weight is 424 g/mol. The monoisotopic (exact) mass is 423 g/mol. The minimum absolute atomic E-state index is 0.00627. The van der Waals surface area contributed by atoms with Gasteiger partial charge in [-0.15, -0.1) is 10.2 Å². The van der Waals surface area contributed by atoms with Crippen molar-refractivity contribution in [2.24, 2.45) is 0 Å². The molecule has 1 amide bonds. The number of amides is 1. The molecule has 1 N–H and O–H groups in total. The number of methoxy groups -OCH3 is 1. The first kappa shape index (κ1) is 19.3. The van der Waals surface area contributed by atoms with Gasteiger partial charge >= 0.3 is 0 Å². The summed E-state index contributed by atoms with van der Waals surface area (Å²) in [7, 11) is 1.59. The number of nitrogens with zero attached hydrogens (tertiary/aromatic N) is 4. The summed E-state index contributed by atoms with van der Waals surface area (Å²) in [6, 6.07) is 16.1. The van der Waals surface area contributed by atoms with E-state index in [0.29, 0.717) is 16.7 Å². The zero-order valence-electron chi connectivity index (χ0n) is 15.6. The first-order chi connectivity index (χ1) is 14.4. The van der Waals surface area contributed by atoms with Crippen LogP contribution in [0.2, 0.25) is 5.02 Å². The van der Waals surface area contributed by atoms with Crippen LogP contribution in [-0.2, 0) is 0 Å². The summed E-state index contributed by atoms with van der Waals surface area (Å²) >= 11 is 6.02. The minimum atomic E-state index is -0.576. The van der Waals surface area contributed by atoms with E-state index in [1.165, 1.54) is 16.9 Å². The van der Waals surface area contributed by atoms with Gasteiger partial charge in [0.05, 0.1) is 28.3 Å². The van der Waals surface area contributed by atoms with Crippen LogP contribution in [0.3, 0.4) is 0 Å². The fourth-order valence-electron chi connectivity index (χ4n) is 2.82. The summed E-state index contributed by atoms with van der Waals surface area (Å²) in [6.45, 7) is 0. The molecule has 150 valence electrons. The molecule has 4 aromatic rings. The van der Waals surface area contributed by atoms with Crippen molar-refractivity contribution < 1.29 is 14.5 Å². The SMILES string of the molecule is COc1ccc(-n2nc3ccc(NC(=O)c4ccc([N+](=O)[O-])cc4Cl)cc3n2)cc1. The van der Waals surface area contributed by atoms with Gasteiger partial charge in [-0.2, -0.15) is 4.80 Å². The molecule has 1 heterocycles. The Labute approximate surface area is 175 Å². The molecule has 0 atom stereocenters. The minimum Gasteiger partial charge on any atom is -0.497 e. The van der Waals surface area contributed by atoms with Crippen LogP contribution in [0.4, 0.5) is 11.4 Å². The Morgan fingerprint density at radius 1 is 1.07 bits per heavy atom. The van der Waals surface area contributed by atoms with Crippen molar-refractivity contribution in [3.63, 3.8) is 0 Å². The number of nitrogens with one attached hydrogen (secondary N) is 1. The Hall–Kier alpha value is -3.98. The molecule has 0 bridgehead atoms. The van der Waals surface area contributed by atoms with Crippen molar-refractivity contribution in [1.82, 2.24) is 15.0 Å². The Balaban J connectivity index is 1.57. The predicted molar refractivity (Wildman–Crippen MR) is 111 cm³/mol. The summed E-state index contributed by atoms with van der Waals surface area (Å²) < 4.78 is 5.15. The number of aromatic nitrogens is 3. The largest absolute Gasteiger partial charge is 0.497 e. The lowest BCUT2D eigenvalue weighted by Crippen LogP contribution is -2.12. The number of hydrogen-bond acceptors (Lipinski definition) is 6. The number of fused-ring (bicyclic) bond motifs is 1. The normalized spacial score (nSPS) is 10.7. The van der Waals surface area contributed by atoms with Crippen LogP contribution in [0.5, 0.6) is 5.75 Å². The Kier molecular flexibility index (Phi) is 5.03. The molecule has 0 aliphatic rings. The molecule has 0 saturated heterocycles. The second-order valence-electron chi connectivity index (χ2n) is 6.27. The molecule has 0 aliphatic carbocycles. The van der Waals surface area contributed by atoms with Gasteiger partial charge in [-0.1, -0.05) is 11.6 Å². The van der Waals surface area contributed by atoms with Gasteiger partial charge in [0.25, 0.3) is 11.6 Å². The fraction of sp³-hybridized carbons (Fsp3) is 0.0500. The number of benzene rings is 3. The summed E-state index contributed by atoms with van der Waals surface area (Å²) in [6.07, 6.45) is 0. The van der Waals surface area contributed by atoms with Crippen molar-refractivity contribution in [2.75, 3.05) is 12.4 Å². The van der Waals surface area contributed by atoms with Crippen LogP contribution in [0, 0.1) is 10.1 Å². The van der Waals surface area contributed by atoms with E-state index in [9.17, 15) is 14.9 Å².